The van der Waals surface area contributed by atoms with Crippen molar-refractivity contribution in [3.63, 3.8) is 0 Å². The second-order valence-corrected chi connectivity index (χ2v) is 7.22. The Bertz CT molecular complexity index is 369. The van der Waals surface area contributed by atoms with E-state index in [1.807, 2.05) is 11.8 Å². The van der Waals surface area contributed by atoms with E-state index in [0.29, 0.717) is 23.6 Å². The number of aliphatic carboxylic acids is 1. The molecule has 0 radical (unpaired) electrons. The number of carbonyl (C=O) groups is 2. The molecule has 2 aliphatic heterocycles. The van der Waals surface area contributed by atoms with Crippen molar-refractivity contribution < 1.29 is 19.8 Å². The Labute approximate surface area is 116 Å². The van der Waals surface area contributed by atoms with E-state index in [1.54, 1.807) is 4.90 Å². The summed E-state index contributed by atoms with van der Waals surface area (Å²) in [5.74, 6) is -1.04. The van der Waals surface area contributed by atoms with Gasteiger partial charge in [-0.25, -0.2) is 9.59 Å². The first-order chi connectivity index (χ1) is 8.88. The molecule has 2 rings (SSSR count). The van der Waals surface area contributed by atoms with E-state index in [2.05, 4.69) is 13.8 Å². The number of amides is 2. The second-order valence-electron chi connectivity index (χ2n) is 5.34. The molecule has 4 atom stereocenters. The summed E-state index contributed by atoms with van der Waals surface area (Å²) in [6.07, 6.45) is -0.617. The number of nitrogens with zero attached hydrogens (tertiary/aromatic N) is 2. The second kappa shape index (κ2) is 5.58. The summed E-state index contributed by atoms with van der Waals surface area (Å²) in [7, 11) is 0. The minimum atomic E-state index is -1.04. The molecule has 2 heterocycles. The lowest BCUT2D eigenvalue weighted by atomic mass is 10.2. The Morgan fingerprint density at radius 3 is 2.26 bits per heavy atom. The average molecular weight is 288 g/mol. The highest BCUT2D eigenvalue weighted by molar-refractivity contribution is 8.00. The van der Waals surface area contributed by atoms with E-state index < -0.39 is 18.1 Å². The molecule has 2 fully saturated rings. The maximum absolute atomic E-state index is 12.4. The van der Waals surface area contributed by atoms with Gasteiger partial charge in [-0.05, 0) is 0 Å². The third kappa shape index (κ3) is 3.14. The normalized spacial score (nSPS) is 35.5. The van der Waals surface area contributed by atoms with Crippen molar-refractivity contribution in [1.82, 2.24) is 9.80 Å². The number of hydrogen-bond acceptors (Lipinski definition) is 4. The summed E-state index contributed by atoms with van der Waals surface area (Å²) in [5, 5.41) is 19.4. The van der Waals surface area contributed by atoms with Gasteiger partial charge in [0.1, 0.15) is 6.04 Å². The lowest BCUT2D eigenvalue weighted by molar-refractivity contribution is -0.141. The van der Waals surface area contributed by atoms with Crippen LogP contribution < -0.4 is 0 Å². The first-order valence-corrected chi connectivity index (χ1v) is 7.44. The van der Waals surface area contributed by atoms with Gasteiger partial charge in [-0.2, -0.15) is 11.8 Å². The van der Waals surface area contributed by atoms with Gasteiger partial charge in [-0.3, -0.25) is 0 Å². The molecule has 0 aromatic rings. The van der Waals surface area contributed by atoms with Crippen LogP contribution >= 0.6 is 11.8 Å². The van der Waals surface area contributed by atoms with Crippen LogP contribution in [0.25, 0.3) is 0 Å². The molecular formula is C12H20N2O4S. The van der Waals surface area contributed by atoms with Gasteiger partial charge in [-0.1, -0.05) is 13.8 Å². The number of rotatable bonds is 1. The number of thioether (sulfide) groups is 1. The topological polar surface area (TPSA) is 81.1 Å². The molecule has 7 heteroatoms. The highest BCUT2D eigenvalue weighted by Gasteiger charge is 2.41. The minimum absolute atomic E-state index is 0.113. The number of hydrogen-bond donors (Lipinski definition) is 2. The fraction of sp³-hybridized carbons (Fsp3) is 0.833. The summed E-state index contributed by atoms with van der Waals surface area (Å²) in [6, 6.07) is -1.16. The average Bonchev–Trinajstić information content (AvgIpc) is 2.69. The van der Waals surface area contributed by atoms with Gasteiger partial charge in [0.2, 0.25) is 0 Å². The predicted octanol–water partition coefficient (Wildman–Crippen LogP) is 0.452. The Kier molecular flexibility index (Phi) is 4.25. The molecule has 0 aromatic heterocycles. The fourth-order valence-corrected chi connectivity index (χ4v) is 4.10. The molecule has 19 heavy (non-hydrogen) atoms. The molecule has 2 saturated heterocycles. The van der Waals surface area contributed by atoms with Gasteiger partial charge >= 0.3 is 12.0 Å². The van der Waals surface area contributed by atoms with Crippen molar-refractivity contribution >= 4 is 23.8 Å². The lowest BCUT2D eigenvalue weighted by Crippen LogP contribution is -2.52. The molecule has 108 valence electrons. The number of aliphatic hydroxyl groups excluding tert-OH is 1. The van der Waals surface area contributed by atoms with Gasteiger partial charge in [0.05, 0.1) is 6.10 Å². The molecular weight excluding hydrogens is 268 g/mol. The van der Waals surface area contributed by atoms with Crippen LogP contribution in [0.4, 0.5) is 4.79 Å². The molecule has 2 amide bonds. The highest BCUT2D eigenvalue weighted by atomic mass is 32.2. The van der Waals surface area contributed by atoms with Crippen LogP contribution in [0.1, 0.15) is 20.3 Å². The van der Waals surface area contributed by atoms with Crippen molar-refractivity contribution in [1.29, 1.82) is 0 Å². The number of urea groups is 1. The Balaban J connectivity index is 2.07. The fourth-order valence-electron chi connectivity index (χ4n) is 2.78. The van der Waals surface area contributed by atoms with Crippen molar-refractivity contribution in [2.75, 3.05) is 19.6 Å². The Morgan fingerprint density at radius 1 is 1.16 bits per heavy atom. The van der Waals surface area contributed by atoms with Crippen LogP contribution in [0.3, 0.4) is 0 Å². The van der Waals surface area contributed by atoms with E-state index in [-0.39, 0.29) is 19.0 Å². The molecule has 0 saturated carbocycles. The molecule has 6 nitrogen and oxygen atoms in total. The largest absolute Gasteiger partial charge is 0.480 e. The van der Waals surface area contributed by atoms with E-state index in [4.69, 9.17) is 5.11 Å². The number of aliphatic hydroxyl groups is 1. The SMILES string of the molecule is CC1CN(C(=O)N2C[C@@H](O)C[C@H]2C(=O)O)CC(C)S1. The Morgan fingerprint density at radius 2 is 1.74 bits per heavy atom. The summed E-state index contributed by atoms with van der Waals surface area (Å²) < 4.78 is 0. The first-order valence-electron chi connectivity index (χ1n) is 6.50. The van der Waals surface area contributed by atoms with E-state index >= 15 is 0 Å². The zero-order chi connectivity index (χ0) is 14.2. The van der Waals surface area contributed by atoms with Crippen LogP contribution in [0.5, 0.6) is 0 Å². The first kappa shape index (κ1) is 14.5. The van der Waals surface area contributed by atoms with Crippen molar-refractivity contribution in [3.05, 3.63) is 0 Å². The summed E-state index contributed by atoms with van der Waals surface area (Å²) in [6.45, 7) is 5.50. The quantitative estimate of drug-likeness (QED) is 0.732. The van der Waals surface area contributed by atoms with Gasteiger partial charge < -0.3 is 20.0 Å². The highest BCUT2D eigenvalue weighted by Crippen LogP contribution is 2.27. The van der Waals surface area contributed by atoms with Gasteiger partial charge in [0.15, 0.2) is 0 Å². The van der Waals surface area contributed by atoms with Gasteiger partial charge in [-0.15, -0.1) is 0 Å². The molecule has 2 unspecified atom stereocenters. The van der Waals surface area contributed by atoms with Crippen LogP contribution in [-0.4, -0.2) is 74.3 Å². The third-order valence-corrected chi connectivity index (χ3v) is 4.73. The van der Waals surface area contributed by atoms with Crippen molar-refractivity contribution in [3.8, 4) is 0 Å². The summed E-state index contributed by atoms with van der Waals surface area (Å²) >= 11 is 1.83. The lowest BCUT2D eigenvalue weighted by Gasteiger charge is -2.37. The maximum Gasteiger partial charge on any atom is 0.326 e. The standard InChI is InChI=1S/C12H20N2O4S/c1-7-4-13(5-8(2)19-7)12(18)14-6-9(15)3-10(14)11(16)17/h7-10,15H,3-6H2,1-2H3,(H,16,17)/t7?,8?,9-,10-/m0/s1. The molecule has 2 N–H and O–H groups in total. The zero-order valence-corrected chi connectivity index (χ0v) is 12.0. The van der Waals surface area contributed by atoms with Crippen molar-refractivity contribution in [2.24, 2.45) is 0 Å². The molecule has 0 aliphatic carbocycles. The number of carboxylic acids is 1. The summed E-state index contributed by atoms with van der Waals surface area (Å²) in [4.78, 5) is 26.6. The number of carboxylic acid groups (broad SMARTS) is 1. The minimum Gasteiger partial charge on any atom is -0.480 e. The zero-order valence-electron chi connectivity index (χ0n) is 11.2. The molecule has 0 aromatic carbocycles. The van der Waals surface area contributed by atoms with Crippen LogP contribution in [0.15, 0.2) is 0 Å². The van der Waals surface area contributed by atoms with Crippen LogP contribution in [-0.2, 0) is 4.79 Å². The van der Waals surface area contributed by atoms with Crippen molar-refractivity contribution in [2.45, 2.75) is 42.9 Å². The molecule has 0 bridgehead atoms. The molecule has 2 aliphatic rings. The van der Waals surface area contributed by atoms with Crippen LogP contribution in [0, 0.1) is 0 Å². The van der Waals surface area contributed by atoms with E-state index in [1.165, 1.54) is 4.90 Å². The van der Waals surface area contributed by atoms with Crippen LogP contribution in [0.2, 0.25) is 0 Å². The number of β-amino-alcohol motifs (C(OH)–C–C–N with tert-alkyl or cyclic N) is 1. The Hall–Kier alpha value is -0.950. The van der Waals surface area contributed by atoms with Gasteiger partial charge in [0.25, 0.3) is 0 Å². The summed E-state index contributed by atoms with van der Waals surface area (Å²) in [5.41, 5.74) is 0. The number of carbonyl (C=O) groups excluding carboxylic acids is 1. The van der Waals surface area contributed by atoms with E-state index in [0.717, 1.165) is 0 Å². The van der Waals surface area contributed by atoms with Gasteiger partial charge in [0, 0.05) is 36.6 Å². The third-order valence-electron chi connectivity index (χ3n) is 3.50. The number of likely N-dealkylation sites (tertiary alicyclic amines) is 1. The maximum atomic E-state index is 12.4. The molecule has 0 spiro atoms. The monoisotopic (exact) mass is 288 g/mol. The predicted molar refractivity (Wildman–Crippen MR) is 72.2 cm³/mol. The smallest absolute Gasteiger partial charge is 0.326 e. The van der Waals surface area contributed by atoms with E-state index in [9.17, 15) is 14.7 Å².